The van der Waals surface area contributed by atoms with Gasteiger partial charge in [-0.15, -0.1) is 0 Å². The van der Waals surface area contributed by atoms with Crippen molar-refractivity contribution in [3.8, 4) is 11.3 Å². The normalized spacial score (nSPS) is 16.2. The van der Waals surface area contributed by atoms with E-state index in [2.05, 4.69) is 20.3 Å². The first kappa shape index (κ1) is 18.1. The summed E-state index contributed by atoms with van der Waals surface area (Å²) in [6.07, 6.45) is 3.84. The number of carbonyl (C=O) groups excluding carboxylic acids is 2. The first-order valence-electron chi connectivity index (χ1n) is 9.15. The summed E-state index contributed by atoms with van der Waals surface area (Å²) in [5.41, 5.74) is 2.87. The molecule has 3 heterocycles. The second-order valence-corrected chi connectivity index (χ2v) is 6.48. The molecule has 1 fully saturated rings. The van der Waals surface area contributed by atoms with Gasteiger partial charge in [0.15, 0.2) is 0 Å². The summed E-state index contributed by atoms with van der Waals surface area (Å²) < 4.78 is 10.4. The van der Waals surface area contributed by atoms with Crippen LogP contribution in [0.1, 0.15) is 34.1 Å². The number of nitrogens with zero attached hydrogens (tertiary/aromatic N) is 2. The van der Waals surface area contributed by atoms with Crippen LogP contribution in [0, 0.1) is 0 Å². The minimum absolute atomic E-state index is 0.0562. The third-order valence-corrected chi connectivity index (χ3v) is 4.65. The van der Waals surface area contributed by atoms with E-state index in [1.54, 1.807) is 25.3 Å². The summed E-state index contributed by atoms with van der Waals surface area (Å²) in [5.74, 6) is -0.566. The van der Waals surface area contributed by atoms with Crippen LogP contribution < -0.4 is 5.32 Å². The number of amides is 1. The van der Waals surface area contributed by atoms with Crippen molar-refractivity contribution in [2.45, 2.75) is 19.4 Å². The van der Waals surface area contributed by atoms with Crippen LogP contribution in [0.25, 0.3) is 22.3 Å². The summed E-state index contributed by atoms with van der Waals surface area (Å²) in [5, 5.41) is 3.56. The summed E-state index contributed by atoms with van der Waals surface area (Å²) in [4.78, 5) is 36.1. The number of ether oxygens (including phenoxy) is 2. The van der Waals surface area contributed by atoms with E-state index in [0.29, 0.717) is 41.1 Å². The van der Waals surface area contributed by atoms with Gasteiger partial charge in [-0.2, -0.15) is 0 Å². The molecule has 144 valence electrons. The van der Waals surface area contributed by atoms with Crippen LogP contribution in [-0.2, 0) is 9.47 Å². The Hall–Kier alpha value is -3.26. The molecule has 8 nitrogen and oxygen atoms in total. The average Bonchev–Trinajstić information content (AvgIpc) is 3.37. The molecule has 1 aromatic carbocycles. The molecule has 3 aromatic rings. The number of H-pyrrole nitrogens is 1. The first-order valence-corrected chi connectivity index (χ1v) is 9.15. The minimum atomic E-state index is -0.431. The largest absolute Gasteiger partial charge is 0.462 e. The van der Waals surface area contributed by atoms with Crippen LogP contribution in [-0.4, -0.2) is 52.7 Å². The highest BCUT2D eigenvalue weighted by atomic mass is 16.5. The number of nitrogens with one attached hydrogen (secondary N) is 2. The van der Waals surface area contributed by atoms with Gasteiger partial charge in [0.05, 0.1) is 35.9 Å². The molecule has 0 saturated carbocycles. The molecule has 8 heteroatoms. The third kappa shape index (κ3) is 3.46. The van der Waals surface area contributed by atoms with Crippen molar-refractivity contribution in [1.29, 1.82) is 0 Å². The van der Waals surface area contributed by atoms with Crippen molar-refractivity contribution in [3.05, 3.63) is 47.9 Å². The maximum absolute atomic E-state index is 12.4. The zero-order valence-electron chi connectivity index (χ0n) is 15.4. The fourth-order valence-electron chi connectivity index (χ4n) is 3.25. The van der Waals surface area contributed by atoms with Gasteiger partial charge >= 0.3 is 5.97 Å². The molecule has 0 radical (unpaired) electrons. The van der Waals surface area contributed by atoms with Gasteiger partial charge in [0.1, 0.15) is 12.0 Å². The number of esters is 1. The fraction of sp³-hybridized carbons (Fsp3) is 0.300. The topological polar surface area (TPSA) is 106 Å². The average molecular weight is 380 g/mol. The predicted octanol–water partition coefficient (Wildman–Crippen LogP) is 2.32. The maximum Gasteiger partial charge on any atom is 0.340 e. The first-order chi connectivity index (χ1) is 13.7. The highest BCUT2D eigenvalue weighted by Crippen LogP contribution is 2.28. The van der Waals surface area contributed by atoms with Gasteiger partial charge < -0.3 is 19.8 Å². The highest BCUT2D eigenvalue weighted by Gasteiger charge is 2.20. The molecule has 0 aliphatic carbocycles. The minimum Gasteiger partial charge on any atom is -0.462 e. The Morgan fingerprint density at radius 3 is 2.82 bits per heavy atom. The highest BCUT2D eigenvalue weighted by molar-refractivity contribution is 6.08. The van der Waals surface area contributed by atoms with E-state index in [1.807, 2.05) is 12.1 Å². The van der Waals surface area contributed by atoms with Gasteiger partial charge in [0.2, 0.25) is 0 Å². The zero-order valence-corrected chi connectivity index (χ0v) is 15.4. The standard InChI is InChI=1S/C20H20N4O4/c1-2-28-20(26)15-9-21-18-16(15)17(22-11-23-18)12-3-5-13(6-4-12)19(25)24-14-7-8-27-10-14/h3-6,9,11,14H,2,7-8,10H2,1H3,(H,24,25)(H,21,22,23). The van der Waals surface area contributed by atoms with Crippen molar-refractivity contribution in [3.63, 3.8) is 0 Å². The van der Waals surface area contributed by atoms with Gasteiger partial charge in [0.25, 0.3) is 5.91 Å². The van der Waals surface area contributed by atoms with Crippen LogP contribution >= 0.6 is 0 Å². The smallest absolute Gasteiger partial charge is 0.340 e. The molecule has 1 aliphatic heterocycles. The van der Waals surface area contributed by atoms with Gasteiger partial charge in [-0.05, 0) is 25.5 Å². The molecule has 0 spiro atoms. The number of fused-ring (bicyclic) bond motifs is 1. The monoisotopic (exact) mass is 380 g/mol. The molecule has 0 bridgehead atoms. The summed E-state index contributed by atoms with van der Waals surface area (Å²) >= 11 is 0. The number of hydrogen-bond donors (Lipinski definition) is 2. The third-order valence-electron chi connectivity index (χ3n) is 4.65. The van der Waals surface area contributed by atoms with Crippen LogP contribution in [0.15, 0.2) is 36.8 Å². The lowest BCUT2D eigenvalue weighted by Crippen LogP contribution is -2.34. The molecule has 1 aliphatic rings. The lowest BCUT2D eigenvalue weighted by Gasteiger charge is -2.11. The Morgan fingerprint density at radius 2 is 2.11 bits per heavy atom. The molecule has 2 N–H and O–H groups in total. The number of carbonyl (C=O) groups is 2. The van der Waals surface area contributed by atoms with Crippen LogP contribution in [0.2, 0.25) is 0 Å². The molecule has 1 amide bonds. The zero-order chi connectivity index (χ0) is 19.5. The molecule has 1 atom stereocenters. The second-order valence-electron chi connectivity index (χ2n) is 6.48. The molecule has 2 aromatic heterocycles. The van der Waals surface area contributed by atoms with Crippen molar-refractivity contribution in [2.75, 3.05) is 19.8 Å². The summed E-state index contributed by atoms with van der Waals surface area (Å²) in [6.45, 7) is 3.26. The summed E-state index contributed by atoms with van der Waals surface area (Å²) in [6, 6.07) is 7.16. The number of aromatic amines is 1. The molecule has 28 heavy (non-hydrogen) atoms. The second kappa shape index (κ2) is 7.77. The Labute approximate surface area is 161 Å². The number of benzene rings is 1. The van der Waals surface area contributed by atoms with Gasteiger partial charge in [0, 0.05) is 23.9 Å². The number of hydrogen-bond acceptors (Lipinski definition) is 6. The predicted molar refractivity (Wildman–Crippen MR) is 102 cm³/mol. The van der Waals surface area contributed by atoms with E-state index in [4.69, 9.17) is 9.47 Å². The van der Waals surface area contributed by atoms with Gasteiger partial charge in [-0.3, -0.25) is 4.79 Å². The Morgan fingerprint density at radius 1 is 1.29 bits per heavy atom. The Balaban J connectivity index is 1.63. The van der Waals surface area contributed by atoms with Crippen molar-refractivity contribution in [1.82, 2.24) is 20.3 Å². The van der Waals surface area contributed by atoms with Gasteiger partial charge in [-0.25, -0.2) is 14.8 Å². The van der Waals surface area contributed by atoms with Crippen LogP contribution in [0.3, 0.4) is 0 Å². The van der Waals surface area contributed by atoms with Crippen LogP contribution in [0.5, 0.6) is 0 Å². The van der Waals surface area contributed by atoms with E-state index in [9.17, 15) is 9.59 Å². The van der Waals surface area contributed by atoms with Crippen molar-refractivity contribution < 1.29 is 19.1 Å². The van der Waals surface area contributed by atoms with Gasteiger partial charge in [-0.1, -0.05) is 12.1 Å². The fourth-order valence-corrected chi connectivity index (χ4v) is 3.25. The maximum atomic E-state index is 12.4. The van der Waals surface area contributed by atoms with E-state index >= 15 is 0 Å². The number of aromatic nitrogens is 3. The van der Waals surface area contributed by atoms with E-state index in [1.165, 1.54) is 6.33 Å². The van der Waals surface area contributed by atoms with Crippen LogP contribution in [0.4, 0.5) is 0 Å². The SMILES string of the molecule is CCOC(=O)c1c[nH]c2ncnc(-c3ccc(C(=O)NC4CCOC4)cc3)c12. The van der Waals surface area contributed by atoms with Crippen molar-refractivity contribution >= 4 is 22.9 Å². The van der Waals surface area contributed by atoms with E-state index in [-0.39, 0.29) is 18.6 Å². The lowest BCUT2D eigenvalue weighted by molar-refractivity contribution is 0.0528. The summed E-state index contributed by atoms with van der Waals surface area (Å²) in [7, 11) is 0. The molecular formula is C20H20N4O4. The van der Waals surface area contributed by atoms with E-state index in [0.717, 1.165) is 12.0 Å². The molecule has 1 saturated heterocycles. The quantitative estimate of drug-likeness (QED) is 0.658. The lowest BCUT2D eigenvalue weighted by atomic mass is 10.0. The molecule has 1 unspecified atom stereocenters. The molecule has 4 rings (SSSR count). The number of rotatable bonds is 5. The van der Waals surface area contributed by atoms with Crippen molar-refractivity contribution in [2.24, 2.45) is 0 Å². The Bertz CT molecular complexity index is 1010. The molecular weight excluding hydrogens is 360 g/mol. The van der Waals surface area contributed by atoms with E-state index < -0.39 is 5.97 Å². The Kier molecular flexibility index (Phi) is 5.03.